The molecule has 2 aliphatic rings. The van der Waals surface area contributed by atoms with Gasteiger partial charge in [-0.15, -0.1) is 0 Å². The Kier molecular flexibility index (Phi) is 6.41. The highest BCUT2D eigenvalue weighted by Gasteiger charge is 2.49. The summed E-state index contributed by atoms with van der Waals surface area (Å²) in [5, 5.41) is 8.81. The Morgan fingerprint density at radius 3 is 2.44 bits per heavy atom. The maximum Gasteiger partial charge on any atom is 0.325 e. The first-order chi connectivity index (χ1) is 16.2. The minimum Gasteiger partial charge on any atom is -0.497 e. The first-order valence-electron chi connectivity index (χ1n) is 11.4. The van der Waals surface area contributed by atoms with Gasteiger partial charge in [0.25, 0.3) is 11.8 Å². The molecule has 2 aliphatic heterocycles. The number of ether oxygens (including phenoxy) is 1. The topological polar surface area (TPSA) is 91.3 Å². The van der Waals surface area contributed by atoms with Gasteiger partial charge in [-0.1, -0.05) is 56.3 Å². The lowest BCUT2D eigenvalue weighted by Crippen LogP contribution is -2.46. The van der Waals surface area contributed by atoms with Crippen molar-refractivity contribution in [1.82, 2.24) is 15.2 Å². The number of urea groups is 1. The first kappa shape index (κ1) is 23.5. The van der Waals surface area contributed by atoms with Gasteiger partial charge in [0, 0.05) is 6.42 Å². The van der Waals surface area contributed by atoms with Gasteiger partial charge in [-0.3, -0.25) is 14.5 Å². The van der Waals surface area contributed by atoms with Crippen molar-refractivity contribution in [2.24, 2.45) is 11.0 Å². The van der Waals surface area contributed by atoms with Crippen LogP contribution in [-0.4, -0.2) is 52.7 Å². The molecular weight excluding hydrogens is 432 g/mol. The molecule has 4 amide bonds. The molecule has 0 saturated carbocycles. The summed E-state index contributed by atoms with van der Waals surface area (Å²) in [6.45, 7) is 5.32. The Balaban J connectivity index is 1.60. The lowest BCUT2D eigenvalue weighted by Gasteiger charge is -2.25. The van der Waals surface area contributed by atoms with Crippen molar-refractivity contribution >= 4 is 23.6 Å². The second-order valence-corrected chi connectivity index (χ2v) is 9.40. The van der Waals surface area contributed by atoms with E-state index in [1.54, 1.807) is 14.0 Å². The third-order valence-electron chi connectivity index (χ3n) is 6.23. The van der Waals surface area contributed by atoms with Gasteiger partial charge < -0.3 is 10.1 Å². The minimum absolute atomic E-state index is 0.209. The molecule has 2 aromatic carbocycles. The molecule has 8 nitrogen and oxygen atoms in total. The zero-order chi connectivity index (χ0) is 24.5. The van der Waals surface area contributed by atoms with E-state index in [4.69, 9.17) is 4.74 Å². The van der Waals surface area contributed by atoms with E-state index in [0.29, 0.717) is 18.6 Å². The third kappa shape index (κ3) is 4.53. The van der Waals surface area contributed by atoms with Gasteiger partial charge >= 0.3 is 6.03 Å². The smallest absolute Gasteiger partial charge is 0.325 e. The molecule has 0 unspecified atom stereocenters. The lowest BCUT2D eigenvalue weighted by molar-refractivity contribution is -0.140. The number of rotatable bonds is 7. The molecule has 34 heavy (non-hydrogen) atoms. The Labute approximate surface area is 199 Å². The number of nitrogens with zero attached hydrogens (tertiary/aromatic N) is 3. The van der Waals surface area contributed by atoms with Crippen LogP contribution in [-0.2, 0) is 9.59 Å². The predicted molar refractivity (Wildman–Crippen MR) is 128 cm³/mol. The van der Waals surface area contributed by atoms with E-state index in [2.05, 4.69) is 10.4 Å². The predicted octanol–water partition coefficient (Wildman–Crippen LogP) is 3.73. The summed E-state index contributed by atoms with van der Waals surface area (Å²) in [4.78, 5) is 40.1. The van der Waals surface area contributed by atoms with Crippen molar-refractivity contribution in [3.63, 3.8) is 0 Å². The van der Waals surface area contributed by atoms with Crippen LogP contribution in [0.15, 0.2) is 59.7 Å². The van der Waals surface area contributed by atoms with E-state index < -0.39 is 17.5 Å². The summed E-state index contributed by atoms with van der Waals surface area (Å²) >= 11 is 0. The van der Waals surface area contributed by atoms with Crippen LogP contribution >= 0.6 is 0 Å². The molecule has 2 atom stereocenters. The molecule has 0 bridgehead atoms. The van der Waals surface area contributed by atoms with Crippen molar-refractivity contribution in [3.05, 3.63) is 65.7 Å². The van der Waals surface area contributed by atoms with Gasteiger partial charge in [-0.25, -0.2) is 9.80 Å². The van der Waals surface area contributed by atoms with Crippen LogP contribution in [0.4, 0.5) is 4.79 Å². The Bertz CT molecular complexity index is 1110. The highest BCUT2D eigenvalue weighted by Crippen LogP contribution is 2.34. The summed E-state index contributed by atoms with van der Waals surface area (Å²) in [7, 11) is 1.60. The summed E-state index contributed by atoms with van der Waals surface area (Å²) in [6, 6.07) is 16.3. The molecule has 2 heterocycles. The minimum atomic E-state index is -1.01. The van der Waals surface area contributed by atoms with Crippen molar-refractivity contribution in [1.29, 1.82) is 0 Å². The zero-order valence-corrected chi connectivity index (χ0v) is 19.9. The second-order valence-electron chi connectivity index (χ2n) is 9.40. The number of hydrogen-bond donors (Lipinski definition) is 1. The number of methoxy groups -OCH3 is 1. The third-order valence-corrected chi connectivity index (χ3v) is 6.23. The van der Waals surface area contributed by atoms with E-state index in [-0.39, 0.29) is 24.4 Å². The molecule has 4 rings (SSSR count). The van der Waals surface area contributed by atoms with E-state index in [0.717, 1.165) is 21.7 Å². The fourth-order valence-electron chi connectivity index (χ4n) is 4.68. The number of benzene rings is 2. The summed E-state index contributed by atoms with van der Waals surface area (Å²) in [6.07, 6.45) is 1.02. The van der Waals surface area contributed by atoms with E-state index in [1.165, 1.54) is 5.01 Å². The first-order valence-corrected chi connectivity index (χ1v) is 11.4. The molecule has 1 N–H and O–H groups in total. The van der Waals surface area contributed by atoms with Crippen LogP contribution in [0.25, 0.3) is 0 Å². The number of nitrogens with one attached hydrogen (secondary N) is 1. The average Bonchev–Trinajstić information content (AvgIpc) is 3.35. The lowest BCUT2D eigenvalue weighted by atomic mass is 9.91. The average molecular weight is 463 g/mol. The van der Waals surface area contributed by atoms with Gasteiger partial charge in [0.15, 0.2) is 0 Å². The number of carbonyl (C=O) groups is 3. The highest BCUT2D eigenvalue weighted by molar-refractivity contribution is 6.09. The van der Waals surface area contributed by atoms with Crippen LogP contribution in [0.3, 0.4) is 0 Å². The van der Waals surface area contributed by atoms with Gasteiger partial charge in [0.2, 0.25) is 0 Å². The van der Waals surface area contributed by atoms with Gasteiger partial charge in [0.1, 0.15) is 17.8 Å². The zero-order valence-electron chi connectivity index (χ0n) is 19.9. The van der Waals surface area contributed by atoms with E-state index in [1.807, 2.05) is 68.4 Å². The Morgan fingerprint density at radius 2 is 1.82 bits per heavy atom. The molecule has 0 spiro atoms. The molecular formula is C26H30N4O4. The van der Waals surface area contributed by atoms with Crippen LogP contribution in [0.2, 0.25) is 0 Å². The monoisotopic (exact) mass is 462 g/mol. The fourth-order valence-corrected chi connectivity index (χ4v) is 4.68. The summed E-state index contributed by atoms with van der Waals surface area (Å²) < 4.78 is 5.26. The fraction of sp³-hybridized carbons (Fsp3) is 0.385. The molecule has 1 fully saturated rings. The highest BCUT2D eigenvalue weighted by atomic mass is 16.5. The van der Waals surface area contributed by atoms with Crippen molar-refractivity contribution in [2.45, 2.75) is 45.2 Å². The number of amides is 4. The molecule has 2 aromatic rings. The Hall–Kier alpha value is -3.68. The normalized spacial score (nSPS) is 22.3. The SMILES string of the molecule is COc1ccc([C@@H]2CC(c3ccccc3)=NN2C(=O)CN2C(=O)N[C@](C)(CC(C)C)C2=O)cc1. The van der Waals surface area contributed by atoms with Crippen LogP contribution < -0.4 is 10.1 Å². The van der Waals surface area contributed by atoms with Crippen LogP contribution in [0, 0.1) is 5.92 Å². The van der Waals surface area contributed by atoms with Crippen LogP contribution in [0.5, 0.6) is 5.75 Å². The standard InChI is InChI=1S/C26H30N4O4/c1-17(2)15-26(3)24(32)29(25(33)27-26)16-23(31)30-22(19-10-12-20(34-4)13-11-19)14-21(28-30)18-8-6-5-7-9-18/h5-13,17,22H,14-16H2,1-4H3,(H,27,33)/t22-,26+/m0/s1. The van der Waals surface area contributed by atoms with Gasteiger partial charge in [0.05, 0.1) is 18.9 Å². The van der Waals surface area contributed by atoms with Crippen LogP contribution in [0.1, 0.15) is 50.8 Å². The molecule has 0 aliphatic carbocycles. The van der Waals surface area contributed by atoms with Crippen molar-refractivity contribution in [3.8, 4) is 5.75 Å². The maximum atomic E-state index is 13.4. The Morgan fingerprint density at radius 1 is 1.15 bits per heavy atom. The molecule has 0 radical (unpaired) electrons. The second kappa shape index (κ2) is 9.29. The number of carbonyl (C=O) groups excluding carboxylic acids is 3. The largest absolute Gasteiger partial charge is 0.497 e. The number of imide groups is 1. The molecule has 178 valence electrons. The summed E-state index contributed by atoms with van der Waals surface area (Å²) in [5.74, 6) is 0.129. The molecule has 0 aromatic heterocycles. The number of hydrogen-bond acceptors (Lipinski definition) is 5. The quantitative estimate of drug-likeness (QED) is 0.635. The van der Waals surface area contributed by atoms with Gasteiger partial charge in [-0.05, 0) is 42.5 Å². The molecule has 8 heteroatoms. The van der Waals surface area contributed by atoms with Crippen molar-refractivity contribution in [2.75, 3.05) is 13.7 Å². The summed E-state index contributed by atoms with van der Waals surface area (Å²) in [5.41, 5.74) is 1.59. The molecule has 1 saturated heterocycles. The van der Waals surface area contributed by atoms with Crippen molar-refractivity contribution < 1.29 is 19.1 Å². The number of hydrazone groups is 1. The van der Waals surface area contributed by atoms with Gasteiger partial charge in [-0.2, -0.15) is 5.10 Å². The van der Waals surface area contributed by atoms with E-state index in [9.17, 15) is 14.4 Å². The van der Waals surface area contributed by atoms with E-state index >= 15 is 0 Å². The maximum absolute atomic E-state index is 13.4.